The molecule has 1 aromatic rings. The third-order valence-electron chi connectivity index (χ3n) is 2.56. The first-order chi connectivity index (χ1) is 8.56. The number of benzene rings is 1. The average Bonchev–Trinajstić information content (AvgIpc) is 2.37. The molecule has 5 heteroatoms. The van der Waals surface area contributed by atoms with Crippen molar-refractivity contribution in [3.05, 3.63) is 35.9 Å². The molecule has 18 heavy (non-hydrogen) atoms. The van der Waals surface area contributed by atoms with Gasteiger partial charge < -0.3 is 15.7 Å². The Morgan fingerprint density at radius 1 is 1.33 bits per heavy atom. The molecule has 0 aliphatic carbocycles. The van der Waals surface area contributed by atoms with Crippen molar-refractivity contribution in [2.24, 2.45) is 5.73 Å². The number of hydrogen-bond donors (Lipinski definition) is 2. The van der Waals surface area contributed by atoms with E-state index in [1.54, 1.807) is 24.3 Å². The molecule has 0 aliphatic heterocycles. The van der Waals surface area contributed by atoms with Crippen molar-refractivity contribution in [1.29, 1.82) is 0 Å². The number of nitrogens with zero attached hydrogens (tertiary/aromatic N) is 1. The molecule has 0 unspecified atom stereocenters. The van der Waals surface area contributed by atoms with Crippen LogP contribution in [-0.4, -0.2) is 35.0 Å². The van der Waals surface area contributed by atoms with Gasteiger partial charge in [-0.05, 0) is 12.0 Å². The highest BCUT2D eigenvalue weighted by atomic mass is 16.4. The Hall–Kier alpha value is -1.88. The SMILES string of the molecule is CCCN(CC(=O)O)C(=O)[C@@H](N)c1ccccc1. The van der Waals surface area contributed by atoms with Crippen LogP contribution < -0.4 is 5.73 Å². The summed E-state index contributed by atoms with van der Waals surface area (Å²) in [6.45, 7) is 1.97. The molecule has 1 rings (SSSR count). The summed E-state index contributed by atoms with van der Waals surface area (Å²) >= 11 is 0. The molecular weight excluding hydrogens is 232 g/mol. The number of rotatable bonds is 6. The van der Waals surface area contributed by atoms with Gasteiger partial charge in [0.2, 0.25) is 5.91 Å². The normalized spacial score (nSPS) is 11.9. The van der Waals surface area contributed by atoms with E-state index in [0.717, 1.165) is 0 Å². The Kier molecular flexibility index (Phi) is 5.32. The van der Waals surface area contributed by atoms with E-state index in [4.69, 9.17) is 10.8 Å². The van der Waals surface area contributed by atoms with E-state index in [2.05, 4.69) is 0 Å². The van der Waals surface area contributed by atoms with E-state index in [9.17, 15) is 9.59 Å². The van der Waals surface area contributed by atoms with Gasteiger partial charge in [0.25, 0.3) is 0 Å². The van der Waals surface area contributed by atoms with Crippen molar-refractivity contribution < 1.29 is 14.7 Å². The summed E-state index contributed by atoms with van der Waals surface area (Å²) in [7, 11) is 0. The van der Waals surface area contributed by atoms with Crippen molar-refractivity contribution in [2.45, 2.75) is 19.4 Å². The predicted octanol–water partition coefficient (Wildman–Crippen LogP) is 1.01. The molecule has 1 amide bonds. The Bertz CT molecular complexity index is 406. The minimum atomic E-state index is -1.03. The van der Waals surface area contributed by atoms with Crippen LogP contribution in [0.2, 0.25) is 0 Å². The third kappa shape index (κ3) is 3.85. The van der Waals surface area contributed by atoms with Gasteiger partial charge in [0.05, 0.1) is 0 Å². The summed E-state index contributed by atoms with van der Waals surface area (Å²) in [5.74, 6) is -1.39. The maximum absolute atomic E-state index is 12.1. The molecule has 0 radical (unpaired) electrons. The summed E-state index contributed by atoms with van der Waals surface area (Å²) in [5.41, 5.74) is 6.55. The van der Waals surface area contributed by atoms with Gasteiger partial charge in [-0.3, -0.25) is 9.59 Å². The monoisotopic (exact) mass is 250 g/mol. The lowest BCUT2D eigenvalue weighted by molar-refractivity contribution is -0.145. The van der Waals surface area contributed by atoms with Crippen molar-refractivity contribution in [3.8, 4) is 0 Å². The lowest BCUT2D eigenvalue weighted by Gasteiger charge is -2.23. The first-order valence-corrected chi connectivity index (χ1v) is 5.87. The minimum absolute atomic E-state index is 0.312. The highest BCUT2D eigenvalue weighted by molar-refractivity contribution is 5.86. The van der Waals surface area contributed by atoms with Crippen LogP contribution in [0.15, 0.2) is 30.3 Å². The van der Waals surface area contributed by atoms with Crippen LogP contribution in [0.5, 0.6) is 0 Å². The van der Waals surface area contributed by atoms with Crippen LogP contribution in [0.4, 0.5) is 0 Å². The zero-order valence-corrected chi connectivity index (χ0v) is 10.4. The topological polar surface area (TPSA) is 83.6 Å². The Balaban J connectivity index is 2.79. The summed E-state index contributed by atoms with van der Waals surface area (Å²) in [4.78, 5) is 24.1. The van der Waals surface area contributed by atoms with Gasteiger partial charge in [-0.15, -0.1) is 0 Å². The van der Waals surface area contributed by atoms with E-state index < -0.39 is 12.0 Å². The van der Waals surface area contributed by atoms with E-state index >= 15 is 0 Å². The van der Waals surface area contributed by atoms with Crippen LogP contribution >= 0.6 is 0 Å². The first-order valence-electron chi connectivity index (χ1n) is 5.87. The molecule has 5 nitrogen and oxygen atoms in total. The number of hydrogen-bond acceptors (Lipinski definition) is 3. The van der Waals surface area contributed by atoms with Crippen LogP contribution in [0.25, 0.3) is 0 Å². The second kappa shape index (κ2) is 6.76. The van der Waals surface area contributed by atoms with Gasteiger partial charge in [-0.2, -0.15) is 0 Å². The number of carboxylic acid groups (broad SMARTS) is 1. The van der Waals surface area contributed by atoms with Gasteiger partial charge in [0.1, 0.15) is 12.6 Å². The Morgan fingerprint density at radius 2 is 1.94 bits per heavy atom. The number of carbonyl (C=O) groups excluding carboxylic acids is 1. The molecule has 3 N–H and O–H groups in total. The molecule has 0 bridgehead atoms. The number of aliphatic carboxylic acids is 1. The fourth-order valence-electron chi connectivity index (χ4n) is 1.70. The summed E-state index contributed by atoms with van der Waals surface area (Å²) < 4.78 is 0. The molecule has 0 spiro atoms. The highest BCUT2D eigenvalue weighted by Crippen LogP contribution is 2.13. The van der Waals surface area contributed by atoms with Crippen LogP contribution in [-0.2, 0) is 9.59 Å². The van der Waals surface area contributed by atoms with Crippen LogP contribution in [0.3, 0.4) is 0 Å². The molecule has 0 aliphatic rings. The molecular formula is C13H18N2O3. The molecule has 1 aromatic carbocycles. The van der Waals surface area contributed by atoms with Crippen molar-refractivity contribution in [2.75, 3.05) is 13.1 Å². The number of amides is 1. The molecule has 0 saturated heterocycles. The van der Waals surface area contributed by atoms with Crippen LogP contribution in [0.1, 0.15) is 24.9 Å². The van der Waals surface area contributed by atoms with Crippen molar-refractivity contribution in [1.82, 2.24) is 4.90 Å². The van der Waals surface area contributed by atoms with Gasteiger partial charge in [0, 0.05) is 6.54 Å². The maximum atomic E-state index is 12.1. The third-order valence-corrected chi connectivity index (χ3v) is 2.56. The quantitative estimate of drug-likeness (QED) is 0.789. The predicted molar refractivity (Wildman–Crippen MR) is 67.9 cm³/mol. The number of carbonyl (C=O) groups is 2. The van der Waals surface area contributed by atoms with Gasteiger partial charge in [-0.1, -0.05) is 37.3 Å². The Labute approximate surface area is 106 Å². The van der Waals surface area contributed by atoms with E-state index in [0.29, 0.717) is 18.5 Å². The molecule has 0 fully saturated rings. The van der Waals surface area contributed by atoms with E-state index in [-0.39, 0.29) is 12.5 Å². The smallest absolute Gasteiger partial charge is 0.323 e. The largest absolute Gasteiger partial charge is 0.480 e. The van der Waals surface area contributed by atoms with E-state index in [1.807, 2.05) is 13.0 Å². The van der Waals surface area contributed by atoms with Crippen molar-refractivity contribution in [3.63, 3.8) is 0 Å². The number of nitrogens with two attached hydrogens (primary N) is 1. The van der Waals surface area contributed by atoms with Crippen LogP contribution in [0, 0.1) is 0 Å². The fraction of sp³-hybridized carbons (Fsp3) is 0.385. The summed E-state index contributed by atoms with van der Waals surface area (Å²) in [5, 5.41) is 8.78. The van der Waals surface area contributed by atoms with Gasteiger partial charge in [-0.25, -0.2) is 0 Å². The zero-order valence-electron chi connectivity index (χ0n) is 10.4. The molecule has 1 atom stereocenters. The molecule has 0 heterocycles. The molecule has 0 saturated carbocycles. The lowest BCUT2D eigenvalue weighted by atomic mass is 10.1. The first kappa shape index (κ1) is 14.2. The second-order valence-electron chi connectivity index (χ2n) is 4.04. The van der Waals surface area contributed by atoms with Gasteiger partial charge >= 0.3 is 5.97 Å². The van der Waals surface area contributed by atoms with E-state index in [1.165, 1.54) is 4.90 Å². The second-order valence-corrected chi connectivity index (χ2v) is 4.04. The standard InChI is InChI=1S/C13H18N2O3/c1-2-8-15(9-11(16)17)13(18)12(14)10-6-4-3-5-7-10/h3-7,12H,2,8-9,14H2,1H3,(H,16,17)/t12-/m0/s1. The van der Waals surface area contributed by atoms with Gasteiger partial charge in [0.15, 0.2) is 0 Å². The molecule has 0 aromatic heterocycles. The minimum Gasteiger partial charge on any atom is -0.480 e. The highest BCUT2D eigenvalue weighted by Gasteiger charge is 2.23. The summed E-state index contributed by atoms with van der Waals surface area (Å²) in [6, 6.07) is 8.13. The van der Waals surface area contributed by atoms with Crippen molar-refractivity contribution >= 4 is 11.9 Å². The summed E-state index contributed by atoms with van der Waals surface area (Å²) in [6.07, 6.45) is 0.695. The Morgan fingerprint density at radius 3 is 2.44 bits per heavy atom. The zero-order chi connectivity index (χ0) is 13.5. The average molecular weight is 250 g/mol. The maximum Gasteiger partial charge on any atom is 0.323 e. The number of carboxylic acids is 1. The lowest BCUT2D eigenvalue weighted by Crippen LogP contribution is -2.41. The fourth-order valence-corrected chi connectivity index (χ4v) is 1.70. The molecule has 98 valence electrons.